The molecule has 0 saturated carbocycles. The monoisotopic (exact) mass is 282 g/mol. The van der Waals surface area contributed by atoms with E-state index in [0.29, 0.717) is 23.9 Å². The van der Waals surface area contributed by atoms with Gasteiger partial charge in [-0.2, -0.15) is 0 Å². The molecule has 1 N–H and O–H groups in total. The van der Waals surface area contributed by atoms with Crippen LogP contribution in [-0.4, -0.2) is 43.0 Å². The van der Waals surface area contributed by atoms with Crippen LogP contribution in [0.25, 0.3) is 0 Å². The van der Waals surface area contributed by atoms with Crippen LogP contribution in [0.2, 0.25) is 5.02 Å². The molecule has 0 aliphatic carbocycles. The molecule has 19 heavy (non-hydrogen) atoms. The van der Waals surface area contributed by atoms with Crippen LogP contribution in [0.4, 0.5) is 0 Å². The first-order chi connectivity index (χ1) is 9.16. The summed E-state index contributed by atoms with van der Waals surface area (Å²) in [5.41, 5.74) is 0. The van der Waals surface area contributed by atoms with Crippen LogP contribution in [-0.2, 0) is 9.59 Å². The number of ether oxygens (including phenoxy) is 1. The van der Waals surface area contributed by atoms with Gasteiger partial charge in [0.05, 0.1) is 24.6 Å². The molecule has 1 aromatic rings. The van der Waals surface area contributed by atoms with E-state index >= 15 is 0 Å². The first kappa shape index (κ1) is 13.7. The maximum atomic E-state index is 11.9. The lowest BCUT2D eigenvalue weighted by molar-refractivity contribution is -0.138. The molecule has 5 nitrogen and oxygen atoms in total. The topological polar surface area (TPSA) is 58.6 Å². The van der Waals surface area contributed by atoms with Gasteiger partial charge in [0.1, 0.15) is 5.75 Å². The number of rotatable bonds is 4. The molecule has 0 unspecified atom stereocenters. The normalized spacial score (nSPS) is 15.0. The highest BCUT2D eigenvalue weighted by molar-refractivity contribution is 6.32. The zero-order chi connectivity index (χ0) is 13.7. The lowest BCUT2D eigenvalue weighted by Gasteiger charge is -2.26. The Morgan fingerprint density at radius 1 is 1.42 bits per heavy atom. The third kappa shape index (κ3) is 3.86. The Labute approximate surface area is 116 Å². The zero-order valence-electron chi connectivity index (χ0n) is 10.4. The van der Waals surface area contributed by atoms with Crippen molar-refractivity contribution in [1.82, 2.24) is 10.2 Å². The van der Waals surface area contributed by atoms with Gasteiger partial charge in [0.2, 0.25) is 11.8 Å². The highest BCUT2D eigenvalue weighted by atomic mass is 35.5. The Balaban J connectivity index is 1.78. The number of nitrogens with zero attached hydrogens (tertiary/aromatic N) is 1. The predicted octanol–water partition coefficient (Wildman–Crippen LogP) is 1.07. The molecular weight excluding hydrogens is 268 g/mol. The molecule has 0 spiro atoms. The SMILES string of the molecule is O=C1CN(C(=O)CCOc2ccccc2Cl)CCN1. The fourth-order valence-electron chi connectivity index (χ4n) is 1.82. The van der Waals surface area contributed by atoms with E-state index in [1.807, 2.05) is 12.1 Å². The van der Waals surface area contributed by atoms with E-state index in [1.54, 1.807) is 12.1 Å². The number of hydrogen-bond donors (Lipinski definition) is 1. The van der Waals surface area contributed by atoms with E-state index < -0.39 is 0 Å². The highest BCUT2D eigenvalue weighted by Gasteiger charge is 2.20. The van der Waals surface area contributed by atoms with Crippen molar-refractivity contribution < 1.29 is 14.3 Å². The van der Waals surface area contributed by atoms with E-state index in [2.05, 4.69) is 5.32 Å². The van der Waals surface area contributed by atoms with Crippen LogP contribution in [0.3, 0.4) is 0 Å². The van der Waals surface area contributed by atoms with Crippen molar-refractivity contribution in [2.45, 2.75) is 6.42 Å². The first-order valence-corrected chi connectivity index (χ1v) is 6.46. The van der Waals surface area contributed by atoms with Crippen molar-refractivity contribution >= 4 is 23.4 Å². The molecule has 0 atom stereocenters. The molecule has 1 saturated heterocycles. The van der Waals surface area contributed by atoms with E-state index in [9.17, 15) is 9.59 Å². The van der Waals surface area contributed by atoms with E-state index in [1.165, 1.54) is 4.90 Å². The van der Waals surface area contributed by atoms with Gasteiger partial charge in [-0.05, 0) is 12.1 Å². The summed E-state index contributed by atoms with van der Waals surface area (Å²) in [7, 11) is 0. The molecule has 1 heterocycles. The largest absolute Gasteiger partial charge is 0.491 e. The summed E-state index contributed by atoms with van der Waals surface area (Å²) in [6.07, 6.45) is 0.235. The molecule has 102 valence electrons. The van der Waals surface area contributed by atoms with Crippen LogP contribution in [0, 0.1) is 0 Å². The molecule has 6 heteroatoms. The molecule has 1 aromatic carbocycles. The van der Waals surface area contributed by atoms with Gasteiger partial charge in [-0.1, -0.05) is 23.7 Å². The number of nitrogens with one attached hydrogen (secondary N) is 1. The zero-order valence-corrected chi connectivity index (χ0v) is 11.2. The van der Waals surface area contributed by atoms with Gasteiger partial charge in [-0.3, -0.25) is 9.59 Å². The quantitative estimate of drug-likeness (QED) is 0.899. The van der Waals surface area contributed by atoms with Gasteiger partial charge in [0, 0.05) is 13.1 Å². The standard InChI is InChI=1S/C13H15ClN2O3/c14-10-3-1-2-4-11(10)19-8-5-13(18)16-7-6-15-12(17)9-16/h1-4H,5-9H2,(H,15,17). The molecule has 1 aliphatic heterocycles. The average molecular weight is 283 g/mol. The Kier molecular flexibility index (Phi) is 4.63. The maximum absolute atomic E-state index is 11.9. The third-order valence-corrected chi connectivity index (χ3v) is 3.11. The summed E-state index contributed by atoms with van der Waals surface area (Å²) >= 11 is 5.93. The minimum Gasteiger partial charge on any atom is -0.491 e. The van der Waals surface area contributed by atoms with Gasteiger partial charge in [0.25, 0.3) is 0 Å². The van der Waals surface area contributed by atoms with Crippen molar-refractivity contribution in [3.8, 4) is 5.75 Å². The van der Waals surface area contributed by atoms with Gasteiger partial charge in [-0.25, -0.2) is 0 Å². The molecule has 2 rings (SSSR count). The lowest BCUT2D eigenvalue weighted by atomic mass is 10.3. The van der Waals surface area contributed by atoms with Crippen molar-refractivity contribution in [3.63, 3.8) is 0 Å². The second kappa shape index (κ2) is 6.43. The number of para-hydroxylation sites is 1. The summed E-state index contributed by atoms with van der Waals surface area (Å²) in [6.45, 7) is 1.44. The molecule has 1 aliphatic rings. The van der Waals surface area contributed by atoms with Crippen LogP contribution in [0.15, 0.2) is 24.3 Å². The van der Waals surface area contributed by atoms with Gasteiger partial charge in [-0.15, -0.1) is 0 Å². The number of piperazine rings is 1. The van der Waals surface area contributed by atoms with Crippen LogP contribution >= 0.6 is 11.6 Å². The molecule has 1 fully saturated rings. The molecule has 0 aromatic heterocycles. The van der Waals surface area contributed by atoms with Crippen molar-refractivity contribution in [2.24, 2.45) is 0 Å². The summed E-state index contributed by atoms with van der Waals surface area (Å²) in [4.78, 5) is 24.6. The number of amides is 2. The van der Waals surface area contributed by atoms with Crippen molar-refractivity contribution in [2.75, 3.05) is 26.2 Å². The smallest absolute Gasteiger partial charge is 0.239 e. The van der Waals surface area contributed by atoms with Crippen molar-refractivity contribution in [1.29, 1.82) is 0 Å². The second-order valence-corrected chi connectivity index (χ2v) is 4.60. The van der Waals surface area contributed by atoms with Crippen LogP contribution in [0.5, 0.6) is 5.75 Å². The third-order valence-electron chi connectivity index (χ3n) is 2.80. The maximum Gasteiger partial charge on any atom is 0.239 e. The number of halogens is 1. The lowest BCUT2D eigenvalue weighted by Crippen LogP contribution is -2.50. The Morgan fingerprint density at radius 2 is 2.21 bits per heavy atom. The Morgan fingerprint density at radius 3 is 2.95 bits per heavy atom. The minimum absolute atomic E-state index is 0.0816. The average Bonchev–Trinajstić information content (AvgIpc) is 2.41. The van der Waals surface area contributed by atoms with Crippen molar-refractivity contribution in [3.05, 3.63) is 29.3 Å². The summed E-state index contributed by atoms with van der Waals surface area (Å²) in [5, 5.41) is 3.20. The summed E-state index contributed by atoms with van der Waals surface area (Å²) in [5.74, 6) is 0.363. The predicted molar refractivity (Wildman–Crippen MR) is 71.2 cm³/mol. The van der Waals surface area contributed by atoms with E-state index in [-0.39, 0.29) is 31.4 Å². The van der Waals surface area contributed by atoms with Gasteiger partial charge in [0.15, 0.2) is 0 Å². The Hall–Kier alpha value is -1.75. The molecule has 2 amide bonds. The number of carbonyl (C=O) groups excluding carboxylic acids is 2. The first-order valence-electron chi connectivity index (χ1n) is 6.08. The molecular formula is C13H15ClN2O3. The Bertz CT molecular complexity index is 479. The van der Waals surface area contributed by atoms with Gasteiger partial charge < -0.3 is 15.0 Å². The second-order valence-electron chi connectivity index (χ2n) is 4.19. The summed E-state index contributed by atoms with van der Waals surface area (Å²) < 4.78 is 5.45. The number of benzene rings is 1. The van der Waals surface area contributed by atoms with Gasteiger partial charge >= 0.3 is 0 Å². The molecule has 0 radical (unpaired) electrons. The summed E-state index contributed by atoms with van der Waals surface area (Å²) in [6, 6.07) is 7.11. The van der Waals surface area contributed by atoms with Crippen LogP contribution in [0.1, 0.15) is 6.42 Å². The fourth-order valence-corrected chi connectivity index (χ4v) is 2.01. The van der Waals surface area contributed by atoms with E-state index in [0.717, 1.165) is 0 Å². The van der Waals surface area contributed by atoms with Crippen LogP contribution < -0.4 is 10.1 Å². The molecule has 0 bridgehead atoms. The highest BCUT2D eigenvalue weighted by Crippen LogP contribution is 2.23. The minimum atomic E-state index is -0.119. The number of hydrogen-bond acceptors (Lipinski definition) is 3. The fraction of sp³-hybridized carbons (Fsp3) is 0.385. The van der Waals surface area contributed by atoms with E-state index in [4.69, 9.17) is 16.3 Å². The number of carbonyl (C=O) groups is 2.